The summed E-state index contributed by atoms with van der Waals surface area (Å²) in [5, 5.41) is 15.7. The lowest BCUT2D eigenvalue weighted by Crippen LogP contribution is -2.37. The van der Waals surface area contributed by atoms with E-state index in [4.69, 9.17) is 4.74 Å². The fraction of sp³-hybridized carbons (Fsp3) is 0.381. The van der Waals surface area contributed by atoms with Crippen molar-refractivity contribution in [1.82, 2.24) is 10.6 Å². The number of guanidine groups is 1. The van der Waals surface area contributed by atoms with Gasteiger partial charge in [-0.15, -0.1) is 24.0 Å². The molecule has 0 fully saturated rings. The van der Waals surface area contributed by atoms with E-state index >= 15 is 0 Å². The number of aryl methyl sites for hydroxylation is 1. The van der Waals surface area contributed by atoms with Crippen molar-refractivity contribution < 1.29 is 23.0 Å². The van der Waals surface area contributed by atoms with Gasteiger partial charge in [0.2, 0.25) is 0 Å². The first-order valence-corrected chi connectivity index (χ1v) is 9.31. The van der Waals surface area contributed by atoms with E-state index in [1.165, 1.54) is 0 Å². The summed E-state index contributed by atoms with van der Waals surface area (Å²) in [4.78, 5) is 4.46. The first-order chi connectivity index (χ1) is 13.8. The highest BCUT2D eigenvalue weighted by Crippen LogP contribution is 2.24. The van der Waals surface area contributed by atoms with Crippen LogP contribution in [0.5, 0.6) is 5.75 Å². The highest BCUT2D eigenvalue weighted by molar-refractivity contribution is 14.0. The van der Waals surface area contributed by atoms with Crippen LogP contribution in [0.15, 0.2) is 47.5 Å². The molecule has 0 amide bonds. The zero-order chi connectivity index (χ0) is 21.3. The molecule has 166 valence electrons. The third-order valence-corrected chi connectivity index (χ3v) is 4.10. The number of hydrogen-bond donors (Lipinski definition) is 3. The molecule has 0 saturated carbocycles. The van der Waals surface area contributed by atoms with E-state index in [0.717, 1.165) is 16.7 Å². The first-order valence-electron chi connectivity index (χ1n) is 9.31. The molecule has 0 bridgehead atoms. The summed E-state index contributed by atoms with van der Waals surface area (Å²) in [6, 6.07) is 12.6. The maximum absolute atomic E-state index is 12.5. The van der Waals surface area contributed by atoms with Crippen LogP contribution in [0.3, 0.4) is 0 Å². The molecule has 0 unspecified atom stereocenters. The molecular formula is C21H27F3IN3O2. The van der Waals surface area contributed by atoms with E-state index < -0.39 is 12.8 Å². The van der Waals surface area contributed by atoms with Gasteiger partial charge in [-0.05, 0) is 36.6 Å². The molecule has 2 rings (SSSR count). The molecule has 0 spiro atoms. The fourth-order valence-corrected chi connectivity index (χ4v) is 2.66. The second kappa shape index (κ2) is 12.6. The summed E-state index contributed by atoms with van der Waals surface area (Å²) in [5.41, 5.74) is 3.12. The molecule has 5 nitrogen and oxygen atoms in total. The second-order valence-corrected chi connectivity index (χ2v) is 6.49. The Balaban J connectivity index is 0.00000450. The predicted molar refractivity (Wildman–Crippen MR) is 122 cm³/mol. The molecular weight excluding hydrogens is 510 g/mol. The minimum atomic E-state index is -4.40. The standard InChI is InChI=1S/C21H26F3N3O2.HI/c1-3-25-20(26-11-16-6-4-5-7-18(16)13-28)27-12-17-9-8-15(2)10-19(17)29-14-21(22,23)24;/h4-10,28H,3,11-14H2,1-2H3,(H2,25,26,27);1H. The summed E-state index contributed by atoms with van der Waals surface area (Å²) in [6.45, 7) is 3.54. The van der Waals surface area contributed by atoms with E-state index in [1.54, 1.807) is 19.1 Å². The maximum atomic E-state index is 12.5. The van der Waals surface area contributed by atoms with E-state index in [9.17, 15) is 18.3 Å². The monoisotopic (exact) mass is 537 g/mol. The molecule has 0 aliphatic rings. The van der Waals surface area contributed by atoms with Crippen molar-refractivity contribution in [2.24, 2.45) is 4.99 Å². The van der Waals surface area contributed by atoms with Crippen molar-refractivity contribution in [3.8, 4) is 5.75 Å². The van der Waals surface area contributed by atoms with Gasteiger partial charge >= 0.3 is 6.18 Å². The Hall–Kier alpha value is -2.01. The average molecular weight is 537 g/mol. The number of nitrogens with zero attached hydrogens (tertiary/aromatic N) is 1. The lowest BCUT2D eigenvalue weighted by atomic mass is 10.1. The van der Waals surface area contributed by atoms with Crippen molar-refractivity contribution in [2.75, 3.05) is 13.2 Å². The quantitative estimate of drug-likeness (QED) is 0.267. The van der Waals surface area contributed by atoms with Crippen LogP contribution in [-0.2, 0) is 19.7 Å². The van der Waals surface area contributed by atoms with Crippen molar-refractivity contribution in [2.45, 2.75) is 39.7 Å². The highest BCUT2D eigenvalue weighted by Gasteiger charge is 2.28. The Bertz CT molecular complexity index is 829. The van der Waals surface area contributed by atoms with Gasteiger partial charge < -0.3 is 20.5 Å². The van der Waals surface area contributed by atoms with Crippen LogP contribution in [0.1, 0.15) is 29.2 Å². The summed E-state index contributed by atoms with van der Waals surface area (Å²) in [5.74, 6) is 0.690. The molecule has 0 radical (unpaired) electrons. The minimum absolute atomic E-state index is 0. The predicted octanol–water partition coefficient (Wildman–Crippen LogP) is 4.30. The van der Waals surface area contributed by atoms with Gasteiger partial charge in [-0.1, -0.05) is 36.4 Å². The van der Waals surface area contributed by atoms with Crippen LogP contribution in [-0.4, -0.2) is 30.4 Å². The van der Waals surface area contributed by atoms with Crippen molar-refractivity contribution >= 4 is 29.9 Å². The number of aliphatic hydroxyl groups is 1. The van der Waals surface area contributed by atoms with Gasteiger partial charge in [0.05, 0.1) is 13.2 Å². The zero-order valence-corrected chi connectivity index (χ0v) is 19.3. The number of ether oxygens (including phenoxy) is 1. The van der Waals surface area contributed by atoms with Crippen LogP contribution in [0.2, 0.25) is 0 Å². The van der Waals surface area contributed by atoms with Crippen molar-refractivity contribution in [3.63, 3.8) is 0 Å². The van der Waals surface area contributed by atoms with E-state index in [1.807, 2.05) is 37.3 Å². The number of halogens is 4. The van der Waals surface area contributed by atoms with E-state index in [2.05, 4.69) is 15.6 Å². The van der Waals surface area contributed by atoms with E-state index in [0.29, 0.717) is 24.6 Å². The summed E-state index contributed by atoms with van der Waals surface area (Å²) < 4.78 is 42.5. The molecule has 0 saturated heterocycles. The molecule has 9 heteroatoms. The minimum Gasteiger partial charge on any atom is -0.484 e. The number of hydrogen-bond acceptors (Lipinski definition) is 3. The van der Waals surface area contributed by atoms with E-state index in [-0.39, 0.29) is 42.9 Å². The SMILES string of the molecule is CCNC(=NCc1ccc(C)cc1OCC(F)(F)F)NCc1ccccc1CO.I. The third kappa shape index (κ3) is 8.78. The molecule has 2 aromatic rings. The molecule has 3 N–H and O–H groups in total. The Morgan fingerprint density at radius 3 is 2.40 bits per heavy atom. The van der Waals surface area contributed by atoms with Gasteiger partial charge in [0.1, 0.15) is 5.75 Å². The van der Waals surface area contributed by atoms with Crippen molar-refractivity contribution in [3.05, 3.63) is 64.7 Å². The van der Waals surface area contributed by atoms with Crippen molar-refractivity contribution in [1.29, 1.82) is 0 Å². The van der Waals surface area contributed by atoms with Gasteiger partial charge in [0, 0.05) is 18.7 Å². The molecule has 0 aromatic heterocycles. The number of alkyl halides is 3. The third-order valence-electron chi connectivity index (χ3n) is 4.10. The zero-order valence-electron chi connectivity index (χ0n) is 16.9. The van der Waals surface area contributed by atoms with Crippen LogP contribution in [0.4, 0.5) is 13.2 Å². The van der Waals surface area contributed by atoms with Crippen LogP contribution in [0.25, 0.3) is 0 Å². The Morgan fingerprint density at radius 2 is 1.77 bits per heavy atom. The lowest BCUT2D eigenvalue weighted by Gasteiger charge is -2.15. The number of aliphatic imine (C=N–C) groups is 1. The van der Waals surface area contributed by atoms with Crippen LogP contribution < -0.4 is 15.4 Å². The highest BCUT2D eigenvalue weighted by atomic mass is 127. The molecule has 30 heavy (non-hydrogen) atoms. The number of aliphatic hydroxyl groups excluding tert-OH is 1. The molecule has 0 aliphatic carbocycles. The Labute approximate surface area is 191 Å². The van der Waals surface area contributed by atoms with Gasteiger partial charge in [0.15, 0.2) is 12.6 Å². The Kier molecular flexibility index (Phi) is 11.0. The molecule has 2 aromatic carbocycles. The fourth-order valence-electron chi connectivity index (χ4n) is 2.66. The first kappa shape index (κ1) is 26.0. The number of nitrogens with one attached hydrogen (secondary N) is 2. The van der Waals surface area contributed by atoms with Crippen LogP contribution in [0, 0.1) is 6.92 Å². The van der Waals surface area contributed by atoms with Gasteiger partial charge in [-0.2, -0.15) is 13.2 Å². The molecule has 0 aliphatic heterocycles. The maximum Gasteiger partial charge on any atom is 0.422 e. The molecule has 0 atom stereocenters. The normalized spacial score (nSPS) is 11.6. The second-order valence-electron chi connectivity index (χ2n) is 6.49. The largest absolute Gasteiger partial charge is 0.484 e. The van der Waals surface area contributed by atoms with Crippen LogP contribution >= 0.6 is 24.0 Å². The summed E-state index contributed by atoms with van der Waals surface area (Å²) >= 11 is 0. The van der Waals surface area contributed by atoms with Gasteiger partial charge in [-0.25, -0.2) is 4.99 Å². The van der Waals surface area contributed by atoms with Gasteiger partial charge in [0.25, 0.3) is 0 Å². The lowest BCUT2D eigenvalue weighted by molar-refractivity contribution is -0.153. The Morgan fingerprint density at radius 1 is 1.07 bits per heavy atom. The number of rotatable bonds is 8. The number of benzene rings is 2. The van der Waals surface area contributed by atoms with Gasteiger partial charge in [-0.3, -0.25) is 0 Å². The molecule has 0 heterocycles. The average Bonchev–Trinajstić information content (AvgIpc) is 2.69. The summed E-state index contributed by atoms with van der Waals surface area (Å²) in [7, 11) is 0. The topological polar surface area (TPSA) is 65.9 Å². The smallest absolute Gasteiger partial charge is 0.422 e. The summed E-state index contributed by atoms with van der Waals surface area (Å²) in [6.07, 6.45) is -4.40.